The highest BCUT2D eigenvalue weighted by atomic mass is 32.2. The molecule has 1 aromatic carbocycles. The molecule has 2 heterocycles. The molecule has 1 fully saturated rings. The number of ether oxygens (including phenoxy) is 1. The summed E-state index contributed by atoms with van der Waals surface area (Å²) in [4.78, 5) is 10.1. The first kappa shape index (κ1) is 18.9. The molecule has 1 aromatic heterocycles. The number of sulfonamides is 1. The van der Waals surface area contributed by atoms with Crippen LogP contribution in [0.4, 0.5) is 0 Å². The quantitative estimate of drug-likeness (QED) is 0.769. The van der Waals surface area contributed by atoms with E-state index < -0.39 is 10.0 Å². The molecule has 2 N–H and O–H groups in total. The van der Waals surface area contributed by atoms with Crippen LogP contribution in [0.1, 0.15) is 24.2 Å². The van der Waals surface area contributed by atoms with E-state index in [1.54, 1.807) is 37.7 Å². The zero-order valence-corrected chi connectivity index (χ0v) is 16.1. The van der Waals surface area contributed by atoms with E-state index in [1.165, 1.54) is 0 Å². The van der Waals surface area contributed by atoms with Gasteiger partial charge in [-0.15, -0.1) is 0 Å². The first-order valence-corrected chi connectivity index (χ1v) is 10.3. The van der Waals surface area contributed by atoms with Crippen LogP contribution in [0.15, 0.2) is 35.5 Å². The number of hydrogen-bond donors (Lipinski definition) is 2. The van der Waals surface area contributed by atoms with E-state index in [9.17, 15) is 8.42 Å². The number of aryl methyl sites for hydroxylation is 1. The molecule has 8 heteroatoms. The van der Waals surface area contributed by atoms with Crippen LogP contribution in [-0.2, 0) is 16.6 Å². The number of likely N-dealkylation sites (tertiary alicyclic amines) is 1. The summed E-state index contributed by atoms with van der Waals surface area (Å²) >= 11 is 0. The minimum atomic E-state index is -3.50. The van der Waals surface area contributed by atoms with Crippen molar-refractivity contribution in [1.82, 2.24) is 19.6 Å². The summed E-state index contributed by atoms with van der Waals surface area (Å²) in [6, 6.07) is 6.44. The molecule has 0 saturated carbocycles. The Morgan fingerprint density at radius 1 is 1.35 bits per heavy atom. The molecule has 0 bridgehead atoms. The lowest BCUT2D eigenvalue weighted by molar-refractivity contribution is 0.167. The third-order valence-corrected chi connectivity index (χ3v) is 6.28. The summed E-state index contributed by atoms with van der Waals surface area (Å²) in [7, 11) is -1.94. The summed E-state index contributed by atoms with van der Waals surface area (Å²) in [6.45, 7) is 5.17. The summed E-state index contributed by atoms with van der Waals surface area (Å²) in [6.07, 6.45) is 3.81. The average molecular weight is 378 g/mol. The summed E-state index contributed by atoms with van der Waals surface area (Å²) in [5.74, 6) is 0.941. The minimum absolute atomic E-state index is 0.262. The van der Waals surface area contributed by atoms with Crippen molar-refractivity contribution in [2.45, 2.75) is 31.2 Å². The molecule has 7 nitrogen and oxygen atoms in total. The summed E-state index contributed by atoms with van der Waals surface area (Å²) in [5, 5.41) is 0. The van der Waals surface area contributed by atoms with Crippen molar-refractivity contribution in [3.05, 3.63) is 42.0 Å². The van der Waals surface area contributed by atoms with Gasteiger partial charge in [-0.05, 0) is 56.5 Å². The number of rotatable bonds is 7. The molecule has 1 atom stereocenters. The third kappa shape index (κ3) is 4.63. The van der Waals surface area contributed by atoms with Crippen LogP contribution in [0, 0.1) is 12.8 Å². The Morgan fingerprint density at radius 2 is 2.12 bits per heavy atom. The lowest BCUT2D eigenvalue weighted by Gasteiger charge is -2.32. The molecule has 1 aliphatic rings. The smallest absolute Gasteiger partial charge is 0.240 e. The highest BCUT2D eigenvalue weighted by molar-refractivity contribution is 7.89. The van der Waals surface area contributed by atoms with Crippen molar-refractivity contribution in [2.24, 2.45) is 5.92 Å². The lowest BCUT2D eigenvalue weighted by atomic mass is 9.98. The van der Waals surface area contributed by atoms with Crippen molar-refractivity contribution >= 4 is 10.0 Å². The van der Waals surface area contributed by atoms with Crippen molar-refractivity contribution in [3.8, 4) is 5.75 Å². The van der Waals surface area contributed by atoms with Crippen molar-refractivity contribution in [3.63, 3.8) is 0 Å². The molecular formula is C18H26N4O3S. The van der Waals surface area contributed by atoms with E-state index in [0.29, 0.717) is 18.2 Å². The molecule has 1 unspecified atom stereocenters. The molecule has 0 radical (unpaired) electrons. The van der Waals surface area contributed by atoms with Gasteiger partial charge in [0.15, 0.2) is 0 Å². The van der Waals surface area contributed by atoms with Crippen LogP contribution in [-0.4, -0.2) is 50.0 Å². The van der Waals surface area contributed by atoms with Crippen molar-refractivity contribution in [2.75, 3.05) is 26.7 Å². The Morgan fingerprint density at radius 3 is 2.77 bits per heavy atom. The molecule has 0 amide bonds. The van der Waals surface area contributed by atoms with Gasteiger partial charge in [0, 0.05) is 25.3 Å². The Labute approximate surface area is 154 Å². The van der Waals surface area contributed by atoms with Crippen LogP contribution in [0.3, 0.4) is 0 Å². The number of benzene rings is 1. The second-order valence-corrected chi connectivity index (χ2v) is 8.51. The maximum Gasteiger partial charge on any atom is 0.240 e. The SMILES string of the molecule is COc1ccc(S(=O)(=O)NCC2CCCN(Cc3nc[nH]c3C)C2)cc1. The highest BCUT2D eigenvalue weighted by Gasteiger charge is 2.23. The standard InChI is InChI=1S/C18H26N4O3S/c1-14-18(20-13-19-14)12-22-9-3-4-15(11-22)10-21-26(23,24)17-7-5-16(25-2)6-8-17/h5-8,13,15,21H,3-4,9-12H2,1-2H3,(H,19,20). The van der Waals surface area contributed by atoms with Gasteiger partial charge in [-0.1, -0.05) is 0 Å². The number of aromatic amines is 1. The van der Waals surface area contributed by atoms with Gasteiger partial charge >= 0.3 is 0 Å². The van der Waals surface area contributed by atoms with Gasteiger partial charge in [0.25, 0.3) is 0 Å². The van der Waals surface area contributed by atoms with E-state index in [-0.39, 0.29) is 4.90 Å². The number of aromatic nitrogens is 2. The number of nitrogens with one attached hydrogen (secondary N) is 2. The number of methoxy groups -OCH3 is 1. The fourth-order valence-corrected chi connectivity index (χ4v) is 4.40. The normalized spacial score (nSPS) is 18.8. The number of imidazole rings is 1. The molecule has 26 heavy (non-hydrogen) atoms. The Bertz CT molecular complexity index is 817. The van der Waals surface area contributed by atoms with Crippen LogP contribution >= 0.6 is 0 Å². The van der Waals surface area contributed by atoms with E-state index in [2.05, 4.69) is 19.6 Å². The fraction of sp³-hybridized carbons (Fsp3) is 0.500. The summed E-state index contributed by atoms with van der Waals surface area (Å²) in [5.41, 5.74) is 2.15. The van der Waals surface area contributed by atoms with Gasteiger partial charge < -0.3 is 9.72 Å². The van der Waals surface area contributed by atoms with Gasteiger partial charge in [-0.3, -0.25) is 4.90 Å². The van der Waals surface area contributed by atoms with E-state index in [4.69, 9.17) is 4.74 Å². The van der Waals surface area contributed by atoms with E-state index in [1.807, 2.05) is 6.92 Å². The predicted octanol–water partition coefficient (Wildman–Crippen LogP) is 1.92. The maximum atomic E-state index is 12.5. The molecule has 0 spiro atoms. The number of nitrogens with zero attached hydrogens (tertiary/aromatic N) is 2. The van der Waals surface area contributed by atoms with Gasteiger partial charge in [0.05, 0.1) is 24.0 Å². The topological polar surface area (TPSA) is 87.3 Å². The molecule has 1 aliphatic heterocycles. The molecule has 0 aliphatic carbocycles. The van der Waals surface area contributed by atoms with Gasteiger partial charge in [-0.25, -0.2) is 18.1 Å². The lowest BCUT2D eigenvalue weighted by Crippen LogP contribution is -2.40. The van der Waals surface area contributed by atoms with E-state index in [0.717, 1.165) is 43.9 Å². The van der Waals surface area contributed by atoms with Crippen LogP contribution in [0.5, 0.6) is 5.75 Å². The van der Waals surface area contributed by atoms with Crippen LogP contribution in [0.2, 0.25) is 0 Å². The Hall–Kier alpha value is -1.90. The van der Waals surface area contributed by atoms with Gasteiger partial charge in [0.1, 0.15) is 5.75 Å². The monoisotopic (exact) mass is 378 g/mol. The molecule has 1 saturated heterocycles. The predicted molar refractivity (Wildman–Crippen MR) is 99.5 cm³/mol. The first-order chi connectivity index (χ1) is 12.5. The van der Waals surface area contributed by atoms with Gasteiger partial charge in [-0.2, -0.15) is 0 Å². The number of H-pyrrole nitrogens is 1. The molecule has 3 rings (SSSR count). The van der Waals surface area contributed by atoms with E-state index >= 15 is 0 Å². The average Bonchev–Trinajstić information content (AvgIpc) is 3.05. The van der Waals surface area contributed by atoms with Crippen LogP contribution in [0.25, 0.3) is 0 Å². The number of hydrogen-bond acceptors (Lipinski definition) is 5. The maximum absolute atomic E-state index is 12.5. The fourth-order valence-electron chi connectivity index (χ4n) is 3.29. The minimum Gasteiger partial charge on any atom is -0.497 e. The second kappa shape index (κ2) is 8.20. The Kier molecular flexibility index (Phi) is 5.95. The second-order valence-electron chi connectivity index (χ2n) is 6.75. The van der Waals surface area contributed by atoms with Crippen LogP contribution < -0.4 is 9.46 Å². The first-order valence-electron chi connectivity index (χ1n) is 8.83. The molecule has 2 aromatic rings. The number of piperidine rings is 1. The van der Waals surface area contributed by atoms with Crippen molar-refractivity contribution < 1.29 is 13.2 Å². The van der Waals surface area contributed by atoms with Crippen molar-refractivity contribution in [1.29, 1.82) is 0 Å². The summed E-state index contributed by atoms with van der Waals surface area (Å²) < 4.78 is 32.8. The zero-order valence-electron chi connectivity index (χ0n) is 15.2. The third-order valence-electron chi connectivity index (χ3n) is 4.84. The Balaban J connectivity index is 1.55. The molecule has 142 valence electrons. The largest absolute Gasteiger partial charge is 0.497 e. The highest BCUT2D eigenvalue weighted by Crippen LogP contribution is 2.20. The van der Waals surface area contributed by atoms with Gasteiger partial charge in [0.2, 0.25) is 10.0 Å². The zero-order chi connectivity index (χ0) is 18.6. The molecular weight excluding hydrogens is 352 g/mol.